The summed E-state index contributed by atoms with van der Waals surface area (Å²) in [6.07, 6.45) is 1.15. The lowest BCUT2D eigenvalue weighted by atomic mass is 10.2. The number of benzene rings is 1. The number of carboxylic acid groups (broad SMARTS) is 1. The fourth-order valence-corrected chi connectivity index (χ4v) is 2.13. The molecule has 1 aromatic heterocycles. The number of aromatic nitrogens is 2. The lowest BCUT2D eigenvalue weighted by molar-refractivity contribution is -0.137. The van der Waals surface area contributed by atoms with Crippen molar-refractivity contribution in [3.63, 3.8) is 0 Å². The molecule has 0 atom stereocenters. The maximum Gasteiger partial charge on any atom is 0.303 e. The molecule has 0 spiro atoms. The number of carboxylic acids is 1. The van der Waals surface area contributed by atoms with Gasteiger partial charge in [-0.25, -0.2) is 4.68 Å². The van der Waals surface area contributed by atoms with Crippen molar-refractivity contribution in [3.05, 3.63) is 64.1 Å². The third-order valence-corrected chi connectivity index (χ3v) is 3.38. The summed E-state index contributed by atoms with van der Waals surface area (Å²) in [7, 11) is 0. The smallest absolute Gasteiger partial charge is 0.303 e. The summed E-state index contributed by atoms with van der Waals surface area (Å²) in [5.41, 5.74) is 0.791. The van der Waals surface area contributed by atoms with Crippen LogP contribution in [-0.4, -0.2) is 33.3 Å². The van der Waals surface area contributed by atoms with Crippen LogP contribution in [0.1, 0.15) is 35.3 Å². The fraction of sp³-hybridized carbons (Fsp3) is 0.294. The summed E-state index contributed by atoms with van der Waals surface area (Å²) >= 11 is 0. The lowest BCUT2D eigenvalue weighted by Gasteiger charge is -2.08. The van der Waals surface area contributed by atoms with Crippen LogP contribution in [0.15, 0.2) is 47.3 Å². The first kappa shape index (κ1) is 17.4. The van der Waals surface area contributed by atoms with Gasteiger partial charge in [0, 0.05) is 19.0 Å². The number of nitrogens with one attached hydrogen (secondary N) is 1. The minimum absolute atomic E-state index is 0.0794. The van der Waals surface area contributed by atoms with Gasteiger partial charge in [0.05, 0.1) is 6.54 Å². The molecule has 0 saturated heterocycles. The highest BCUT2D eigenvalue weighted by atomic mass is 16.4. The molecule has 2 rings (SSSR count). The molecular formula is C17H19N3O4. The Hall–Kier alpha value is -2.96. The number of carbonyl (C=O) groups is 2. The van der Waals surface area contributed by atoms with Gasteiger partial charge in [-0.2, -0.15) is 5.10 Å². The summed E-state index contributed by atoms with van der Waals surface area (Å²) in [5, 5.41) is 15.3. The molecule has 7 heteroatoms. The van der Waals surface area contributed by atoms with Crippen LogP contribution >= 0.6 is 0 Å². The quantitative estimate of drug-likeness (QED) is 0.710. The van der Waals surface area contributed by atoms with Crippen molar-refractivity contribution in [3.8, 4) is 0 Å². The highest BCUT2D eigenvalue weighted by molar-refractivity contribution is 5.91. The Kier molecular flexibility index (Phi) is 6.24. The molecule has 1 aromatic carbocycles. The highest BCUT2D eigenvalue weighted by Gasteiger charge is 2.09. The summed E-state index contributed by atoms with van der Waals surface area (Å²) in [6.45, 7) is 0.658. The van der Waals surface area contributed by atoms with Crippen LogP contribution in [0.3, 0.4) is 0 Å². The monoisotopic (exact) mass is 329 g/mol. The topological polar surface area (TPSA) is 101 Å². The molecule has 0 fully saturated rings. The third-order valence-electron chi connectivity index (χ3n) is 3.38. The van der Waals surface area contributed by atoms with E-state index in [1.807, 2.05) is 30.3 Å². The van der Waals surface area contributed by atoms with Gasteiger partial charge in [0.2, 0.25) is 0 Å². The molecular weight excluding hydrogens is 310 g/mol. The summed E-state index contributed by atoms with van der Waals surface area (Å²) < 4.78 is 1.24. The van der Waals surface area contributed by atoms with Crippen molar-refractivity contribution in [2.75, 3.05) is 6.54 Å². The van der Waals surface area contributed by atoms with Crippen LogP contribution in [-0.2, 0) is 11.3 Å². The van der Waals surface area contributed by atoms with Crippen molar-refractivity contribution in [2.45, 2.75) is 25.8 Å². The standard InChI is InChI=1S/C17H19N3O4/c21-15-10-9-14(17(24)18-11-5-4-8-16(22)23)19-20(15)12-13-6-2-1-3-7-13/h1-3,6-7,9-10H,4-5,8,11-12H2,(H,18,24)(H,22,23). The van der Waals surface area contributed by atoms with E-state index in [0.29, 0.717) is 25.9 Å². The first-order chi connectivity index (χ1) is 11.6. The molecule has 0 radical (unpaired) electrons. The Morgan fingerprint density at radius 3 is 2.54 bits per heavy atom. The third kappa shape index (κ3) is 5.35. The van der Waals surface area contributed by atoms with Crippen LogP contribution in [0.4, 0.5) is 0 Å². The van der Waals surface area contributed by atoms with E-state index in [-0.39, 0.29) is 23.6 Å². The van der Waals surface area contributed by atoms with Gasteiger partial charge in [0.25, 0.3) is 11.5 Å². The van der Waals surface area contributed by atoms with E-state index in [1.54, 1.807) is 0 Å². The zero-order valence-electron chi connectivity index (χ0n) is 13.1. The van der Waals surface area contributed by atoms with E-state index in [1.165, 1.54) is 16.8 Å². The van der Waals surface area contributed by atoms with E-state index in [4.69, 9.17) is 5.11 Å². The largest absolute Gasteiger partial charge is 0.481 e. The van der Waals surface area contributed by atoms with Gasteiger partial charge in [-0.1, -0.05) is 30.3 Å². The first-order valence-electron chi connectivity index (χ1n) is 7.68. The van der Waals surface area contributed by atoms with Crippen LogP contribution < -0.4 is 10.9 Å². The predicted molar refractivity (Wildman–Crippen MR) is 87.9 cm³/mol. The average Bonchev–Trinajstić information content (AvgIpc) is 2.57. The van der Waals surface area contributed by atoms with Crippen LogP contribution in [0.2, 0.25) is 0 Å². The number of hydrogen-bond donors (Lipinski definition) is 2. The molecule has 0 aliphatic rings. The highest BCUT2D eigenvalue weighted by Crippen LogP contribution is 2.00. The van der Waals surface area contributed by atoms with Crippen molar-refractivity contribution in [1.82, 2.24) is 15.1 Å². The zero-order valence-corrected chi connectivity index (χ0v) is 13.1. The molecule has 24 heavy (non-hydrogen) atoms. The van der Waals surface area contributed by atoms with E-state index in [9.17, 15) is 14.4 Å². The van der Waals surface area contributed by atoms with Crippen molar-refractivity contribution >= 4 is 11.9 Å². The second-order valence-corrected chi connectivity index (χ2v) is 5.31. The van der Waals surface area contributed by atoms with Crippen LogP contribution in [0, 0.1) is 0 Å². The van der Waals surface area contributed by atoms with E-state index < -0.39 is 5.97 Å². The second-order valence-electron chi connectivity index (χ2n) is 5.31. The number of hydrogen-bond acceptors (Lipinski definition) is 4. The molecule has 0 unspecified atom stereocenters. The minimum atomic E-state index is -0.851. The second kappa shape index (κ2) is 8.61. The fourth-order valence-electron chi connectivity index (χ4n) is 2.13. The van der Waals surface area contributed by atoms with Gasteiger partial charge >= 0.3 is 5.97 Å². The molecule has 0 saturated carbocycles. The Labute approximate surface area is 138 Å². The molecule has 0 bridgehead atoms. The van der Waals surface area contributed by atoms with Gasteiger partial charge in [-0.05, 0) is 24.5 Å². The first-order valence-corrected chi connectivity index (χ1v) is 7.68. The Bertz CT molecular complexity index is 756. The molecule has 1 amide bonds. The number of carbonyl (C=O) groups excluding carboxylic acids is 1. The van der Waals surface area contributed by atoms with Gasteiger partial charge in [-0.3, -0.25) is 14.4 Å². The molecule has 2 aromatic rings. The van der Waals surface area contributed by atoms with Gasteiger partial charge in [-0.15, -0.1) is 0 Å². The van der Waals surface area contributed by atoms with Crippen molar-refractivity contribution in [1.29, 1.82) is 0 Å². The number of unbranched alkanes of at least 4 members (excludes halogenated alkanes) is 1. The maximum absolute atomic E-state index is 12.1. The average molecular weight is 329 g/mol. The molecule has 2 N–H and O–H groups in total. The Morgan fingerprint density at radius 1 is 1.08 bits per heavy atom. The predicted octanol–water partition coefficient (Wildman–Crippen LogP) is 1.28. The number of amides is 1. The number of rotatable bonds is 8. The molecule has 1 heterocycles. The lowest BCUT2D eigenvalue weighted by Crippen LogP contribution is -2.30. The van der Waals surface area contributed by atoms with Gasteiger partial charge < -0.3 is 10.4 Å². The summed E-state index contributed by atoms with van der Waals surface area (Å²) in [5.74, 6) is -1.23. The molecule has 0 aliphatic carbocycles. The summed E-state index contributed by atoms with van der Waals surface area (Å²) in [4.78, 5) is 34.3. The van der Waals surface area contributed by atoms with E-state index >= 15 is 0 Å². The molecule has 126 valence electrons. The van der Waals surface area contributed by atoms with Gasteiger partial charge in [0.1, 0.15) is 5.69 Å². The maximum atomic E-state index is 12.1. The minimum Gasteiger partial charge on any atom is -0.481 e. The Morgan fingerprint density at radius 2 is 1.83 bits per heavy atom. The van der Waals surface area contributed by atoms with Crippen LogP contribution in [0.5, 0.6) is 0 Å². The summed E-state index contributed by atoms with van der Waals surface area (Å²) in [6, 6.07) is 12.1. The number of aliphatic carboxylic acids is 1. The Balaban J connectivity index is 1.95. The van der Waals surface area contributed by atoms with Crippen LogP contribution in [0.25, 0.3) is 0 Å². The van der Waals surface area contributed by atoms with E-state index in [2.05, 4.69) is 10.4 Å². The van der Waals surface area contributed by atoms with E-state index in [0.717, 1.165) is 5.56 Å². The SMILES string of the molecule is O=C(O)CCCCNC(=O)c1ccc(=O)n(Cc2ccccc2)n1. The van der Waals surface area contributed by atoms with Gasteiger partial charge in [0.15, 0.2) is 0 Å². The number of nitrogens with zero attached hydrogens (tertiary/aromatic N) is 2. The van der Waals surface area contributed by atoms with Crippen molar-refractivity contribution < 1.29 is 14.7 Å². The molecule has 7 nitrogen and oxygen atoms in total. The normalized spacial score (nSPS) is 10.3. The zero-order chi connectivity index (χ0) is 17.4. The van der Waals surface area contributed by atoms with Crippen molar-refractivity contribution in [2.24, 2.45) is 0 Å². The molecule has 0 aliphatic heterocycles.